The molecule has 1 aromatic carbocycles. The number of nitrogens with one attached hydrogen (secondary N) is 1. The molecule has 0 aliphatic carbocycles. The molecule has 0 radical (unpaired) electrons. The van der Waals surface area contributed by atoms with E-state index >= 15 is 0 Å². The number of benzene rings is 1. The highest BCUT2D eigenvalue weighted by Crippen LogP contribution is 2.27. The molecule has 1 aromatic heterocycles. The summed E-state index contributed by atoms with van der Waals surface area (Å²) in [6, 6.07) is 4.75. The number of carbonyl (C=O) groups excluding carboxylic acids is 1. The van der Waals surface area contributed by atoms with Crippen LogP contribution in [-0.2, 0) is 5.75 Å². The highest BCUT2D eigenvalue weighted by Gasteiger charge is 2.13. The topological polar surface area (TPSA) is 88.0 Å². The first-order valence-corrected chi connectivity index (χ1v) is 7.51. The van der Waals surface area contributed by atoms with Crippen molar-refractivity contribution in [2.45, 2.75) is 37.7 Å². The van der Waals surface area contributed by atoms with Gasteiger partial charge in [-0.2, -0.15) is 0 Å². The predicted molar refractivity (Wildman–Crippen MR) is 80.9 cm³/mol. The number of aromatic hydroxyl groups is 1. The number of aromatic amines is 1. The normalized spacial score (nSPS) is 11.0. The van der Waals surface area contributed by atoms with Crippen LogP contribution in [0.15, 0.2) is 28.2 Å². The third-order valence-corrected chi connectivity index (χ3v) is 4.03. The summed E-state index contributed by atoms with van der Waals surface area (Å²) in [6.45, 7) is 5.27. The van der Waals surface area contributed by atoms with Gasteiger partial charge in [-0.3, -0.25) is 9.36 Å². The molecule has 0 spiro atoms. The average molecular weight is 307 g/mol. The van der Waals surface area contributed by atoms with Gasteiger partial charge in [-0.15, -0.1) is 5.10 Å². The lowest BCUT2D eigenvalue weighted by Crippen LogP contribution is -2.19. The molecule has 7 heteroatoms. The molecule has 0 saturated carbocycles. The van der Waals surface area contributed by atoms with E-state index in [1.54, 1.807) is 16.7 Å². The van der Waals surface area contributed by atoms with Crippen molar-refractivity contribution in [2.75, 3.05) is 0 Å². The lowest BCUT2D eigenvalue weighted by atomic mass is 10.1. The molecule has 6 nitrogen and oxygen atoms in total. The molecule has 2 rings (SSSR count). The molecule has 2 aromatic rings. The van der Waals surface area contributed by atoms with E-state index in [9.17, 15) is 14.7 Å². The van der Waals surface area contributed by atoms with E-state index in [0.717, 1.165) is 0 Å². The first-order chi connectivity index (χ1) is 9.90. The predicted octanol–water partition coefficient (Wildman–Crippen LogP) is 2.35. The van der Waals surface area contributed by atoms with E-state index in [-0.39, 0.29) is 23.3 Å². The summed E-state index contributed by atoms with van der Waals surface area (Å²) in [5, 5.41) is 16.8. The minimum atomic E-state index is -0.255. The van der Waals surface area contributed by atoms with Gasteiger partial charge in [0, 0.05) is 22.9 Å². The van der Waals surface area contributed by atoms with Crippen molar-refractivity contribution in [3.63, 3.8) is 0 Å². The van der Waals surface area contributed by atoms with Crippen LogP contribution in [0, 0.1) is 0 Å². The number of thioether (sulfide) groups is 1. The molecule has 2 N–H and O–H groups in total. The Bertz CT molecular complexity index is 718. The third kappa shape index (κ3) is 3.36. The largest absolute Gasteiger partial charge is 0.508 e. The van der Waals surface area contributed by atoms with Gasteiger partial charge in [0.25, 0.3) is 0 Å². The van der Waals surface area contributed by atoms with Crippen LogP contribution < -0.4 is 5.69 Å². The van der Waals surface area contributed by atoms with E-state index in [1.165, 1.54) is 24.8 Å². The molecule has 21 heavy (non-hydrogen) atoms. The molecule has 0 aliphatic heterocycles. The summed E-state index contributed by atoms with van der Waals surface area (Å²) in [5.74, 6) is 0.492. The molecular weight excluding hydrogens is 290 g/mol. The lowest BCUT2D eigenvalue weighted by molar-refractivity contribution is 0.101. The van der Waals surface area contributed by atoms with Crippen LogP contribution in [0.1, 0.15) is 42.7 Å². The van der Waals surface area contributed by atoms with Crippen LogP contribution in [0.25, 0.3) is 0 Å². The Morgan fingerprint density at radius 1 is 1.48 bits per heavy atom. The van der Waals surface area contributed by atoms with Crippen LogP contribution in [0.2, 0.25) is 0 Å². The second kappa shape index (κ2) is 6.17. The fourth-order valence-corrected chi connectivity index (χ4v) is 2.97. The Kier molecular flexibility index (Phi) is 4.52. The van der Waals surface area contributed by atoms with Gasteiger partial charge < -0.3 is 5.11 Å². The highest BCUT2D eigenvalue weighted by atomic mass is 32.2. The van der Waals surface area contributed by atoms with Gasteiger partial charge in [0.15, 0.2) is 10.9 Å². The number of phenolic OH excluding ortho intramolecular Hbond substituents is 1. The molecular formula is C14H17N3O3S. The number of hydrogen-bond acceptors (Lipinski definition) is 5. The van der Waals surface area contributed by atoms with Crippen molar-refractivity contribution in [1.29, 1.82) is 0 Å². The zero-order valence-corrected chi connectivity index (χ0v) is 12.9. The van der Waals surface area contributed by atoms with Crippen molar-refractivity contribution >= 4 is 17.5 Å². The van der Waals surface area contributed by atoms with Crippen LogP contribution in [0.3, 0.4) is 0 Å². The first-order valence-electron chi connectivity index (χ1n) is 6.52. The van der Waals surface area contributed by atoms with Gasteiger partial charge in [-0.25, -0.2) is 9.89 Å². The Hall–Kier alpha value is -2.02. The average Bonchev–Trinajstić information content (AvgIpc) is 2.78. The van der Waals surface area contributed by atoms with Crippen molar-refractivity contribution in [1.82, 2.24) is 14.8 Å². The van der Waals surface area contributed by atoms with Crippen LogP contribution in [-0.4, -0.2) is 25.7 Å². The van der Waals surface area contributed by atoms with Crippen molar-refractivity contribution in [2.24, 2.45) is 0 Å². The second-order valence-corrected chi connectivity index (χ2v) is 5.91. The smallest absolute Gasteiger partial charge is 0.344 e. The fourth-order valence-electron chi connectivity index (χ4n) is 1.91. The van der Waals surface area contributed by atoms with Gasteiger partial charge in [0.2, 0.25) is 0 Å². The summed E-state index contributed by atoms with van der Waals surface area (Å²) in [6.07, 6.45) is 0. The minimum Gasteiger partial charge on any atom is -0.508 e. The summed E-state index contributed by atoms with van der Waals surface area (Å²) < 4.78 is 1.55. The standard InChI is InChI=1S/C14H17N3O3S/c1-8(2)17-13(20)15-16-14(17)21-7-11-6-10(9(3)18)4-5-12(11)19/h4-6,8,19H,7H2,1-3H3,(H,15,20). The third-order valence-electron chi connectivity index (χ3n) is 3.03. The Morgan fingerprint density at radius 2 is 2.19 bits per heavy atom. The lowest BCUT2D eigenvalue weighted by Gasteiger charge is -2.09. The van der Waals surface area contributed by atoms with Gasteiger partial charge >= 0.3 is 5.69 Å². The van der Waals surface area contributed by atoms with E-state index in [1.807, 2.05) is 13.8 Å². The minimum absolute atomic E-state index is 0.00380. The maximum Gasteiger partial charge on any atom is 0.344 e. The van der Waals surface area contributed by atoms with Crippen molar-refractivity contribution < 1.29 is 9.90 Å². The molecule has 0 saturated heterocycles. The monoisotopic (exact) mass is 307 g/mol. The summed E-state index contributed by atoms with van der Waals surface area (Å²) in [7, 11) is 0. The molecule has 0 atom stereocenters. The Balaban J connectivity index is 2.22. The fraction of sp³-hybridized carbons (Fsp3) is 0.357. The van der Waals surface area contributed by atoms with Crippen molar-refractivity contribution in [3.8, 4) is 5.75 Å². The number of H-pyrrole nitrogens is 1. The zero-order chi connectivity index (χ0) is 15.6. The Labute approximate surface area is 126 Å². The van der Waals surface area contributed by atoms with Gasteiger partial charge in [0.05, 0.1) is 0 Å². The molecule has 0 bridgehead atoms. The molecule has 0 unspecified atom stereocenters. The maximum absolute atomic E-state index is 11.6. The van der Waals surface area contributed by atoms with E-state index in [0.29, 0.717) is 22.0 Å². The van der Waals surface area contributed by atoms with Gasteiger partial charge in [-0.05, 0) is 39.0 Å². The quantitative estimate of drug-likeness (QED) is 0.654. The highest BCUT2D eigenvalue weighted by molar-refractivity contribution is 7.98. The van der Waals surface area contributed by atoms with E-state index < -0.39 is 0 Å². The number of phenols is 1. The van der Waals surface area contributed by atoms with Crippen LogP contribution >= 0.6 is 11.8 Å². The number of nitrogens with zero attached hydrogens (tertiary/aromatic N) is 2. The van der Waals surface area contributed by atoms with Gasteiger partial charge in [-0.1, -0.05) is 11.8 Å². The maximum atomic E-state index is 11.6. The van der Waals surface area contributed by atoms with Gasteiger partial charge in [0.1, 0.15) is 5.75 Å². The summed E-state index contributed by atoms with van der Waals surface area (Å²) in [5.41, 5.74) is 0.930. The van der Waals surface area contributed by atoms with E-state index in [4.69, 9.17) is 0 Å². The molecule has 0 amide bonds. The second-order valence-electron chi connectivity index (χ2n) is 4.96. The Morgan fingerprint density at radius 3 is 2.81 bits per heavy atom. The molecule has 0 fully saturated rings. The van der Waals surface area contributed by atoms with Crippen molar-refractivity contribution in [3.05, 3.63) is 39.8 Å². The molecule has 0 aliphatic rings. The SMILES string of the molecule is CC(=O)c1ccc(O)c(CSc2n[nH]c(=O)n2C(C)C)c1. The number of hydrogen-bond donors (Lipinski definition) is 2. The van der Waals surface area contributed by atoms with E-state index in [2.05, 4.69) is 10.2 Å². The number of aromatic nitrogens is 3. The number of Topliss-reactive ketones (excluding diaryl/α,β-unsaturated/α-hetero) is 1. The van der Waals surface area contributed by atoms with Crippen LogP contribution in [0.5, 0.6) is 5.75 Å². The zero-order valence-electron chi connectivity index (χ0n) is 12.1. The molecule has 112 valence electrons. The number of rotatable bonds is 5. The van der Waals surface area contributed by atoms with Crippen LogP contribution in [0.4, 0.5) is 0 Å². The summed E-state index contributed by atoms with van der Waals surface area (Å²) in [4.78, 5) is 23.0. The number of carbonyl (C=O) groups is 1. The summed E-state index contributed by atoms with van der Waals surface area (Å²) >= 11 is 1.33. The molecule has 1 heterocycles. The first kappa shape index (κ1) is 15.4. The number of ketones is 1.